The van der Waals surface area contributed by atoms with Crippen LogP contribution in [0.3, 0.4) is 0 Å². The number of rotatable bonds is 3. The van der Waals surface area contributed by atoms with Crippen LogP contribution in [0.4, 0.5) is 21.9 Å². The molecule has 0 unspecified atom stereocenters. The molecule has 0 aromatic heterocycles. The minimum absolute atomic E-state index is 0.0579. The number of para-hydroxylation sites is 1. The first-order valence-electron chi connectivity index (χ1n) is 12.5. The summed E-state index contributed by atoms with van der Waals surface area (Å²) in [5.41, 5.74) is 3.77. The molecule has 0 spiro atoms. The number of fused-ring (bicyclic) bond motifs is 1. The lowest BCUT2D eigenvalue weighted by molar-refractivity contribution is -0.117. The van der Waals surface area contributed by atoms with Crippen LogP contribution in [0, 0.1) is 5.92 Å². The summed E-state index contributed by atoms with van der Waals surface area (Å²) in [4.78, 5) is 31.1. The van der Waals surface area contributed by atoms with E-state index in [1.807, 2.05) is 43.9 Å². The molecule has 1 fully saturated rings. The van der Waals surface area contributed by atoms with Crippen molar-refractivity contribution in [3.05, 3.63) is 54.1 Å². The van der Waals surface area contributed by atoms with Crippen LogP contribution in [-0.2, 0) is 9.53 Å². The molecule has 2 heterocycles. The van der Waals surface area contributed by atoms with Crippen molar-refractivity contribution in [2.45, 2.75) is 59.2 Å². The summed E-state index contributed by atoms with van der Waals surface area (Å²) in [6.07, 6.45) is -0.255. The van der Waals surface area contributed by atoms with Gasteiger partial charge in [0.15, 0.2) is 0 Å². The first kappa shape index (κ1) is 24.9. The molecule has 188 valence electrons. The molecule has 7 heteroatoms. The van der Waals surface area contributed by atoms with Gasteiger partial charge in [-0.05, 0) is 58.0 Å². The van der Waals surface area contributed by atoms with Gasteiger partial charge in [0, 0.05) is 67.7 Å². The Morgan fingerprint density at radius 1 is 0.971 bits per heavy atom. The standard InChI is InChI=1S/C28H38N4O3/c1-19-20(2)32(21(3)33)25-13-12-23(18-24(25)26(19)29-22-10-8-7-9-11-22)30-14-16-31(17-15-30)27(34)35-28(4,5)6/h7-13,18-20,26,29H,14-17H2,1-6H3/t19-,20-,26+/m0/s1. The maximum Gasteiger partial charge on any atom is 0.410 e. The van der Waals surface area contributed by atoms with Crippen LogP contribution in [0.25, 0.3) is 0 Å². The Balaban J connectivity index is 1.59. The van der Waals surface area contributed by atoms with Gasteiger partial charge in [0.25, 0.3) is 0 Å². The Morgan fingerprint density at radius 3 is 2.23 bits per heavy atom. The van der Waals surface area contributed by atoms with Crippen LogP contribution >= 0.6 is 0 Å². The topological polar surface area (TPSA) is 65.1 Å². The zero-order valence-electron chi connectivity index (χ0n) is 21.7. The molecule has 35 heavy (non-hydrogen) atoms. The van der Waals surface area contributed by atoms with E-state index in [2.05, 4.69) is 54.4 Å². The molecule has 0 radical (unpaired) electrons. The summed E-state index contributed by atoms with van der Waals surface area (Å²) in [6, 6.07) is 16.8. The number of carbonyl (C=O) groups excluding carboxylic acids is 2. The van der Waals surface area contributed by atoms with Crippen LogP contribution in [0.1, 0.15) is 53.1 Å². The molecule has 0 bridgehead atoms. The Kier molecular flexibility index (Phi) is 6.97. The molecule has 2 aliphatic rings. The average molecular weight is 479 g/mol. The van der Waals surface area contributed by atoms with E-state index < -0.39 is 5.60 Å². The summed E-state index contributed by atoms with van der Waals surface area (Å²) in [5, 5.41) is 3.72. The van der Waals surface area contributed by atoms with E-state index in [9.17, 15) is 9.59 Å². The van der Waals surface area contributed by atoms with Crippen molar-refractivity contribution < 1.29 is 14.3 Å². The fraction of sp³-hybridized carbons (Fsp3) is 0.500. The van der Waals surface area contributed by atoms with E-state index >= 15 is 0 Å². The first-order valence-corrected chi connectivity index (χ1v) is 12.5. The highest BCUT2D eigenvalue weighted by Crippen LogP contribution is 2.44. The highest BCUT2D eigenvalue weighted by Gasteiger charge is 2.38. The molecule has 2 aromatic carbocycles. The van der Waals surface area contributed by atoms with E-state index in [-0.39, 0.29) is 30.0 Å². The number of benzene rings is 2. The molecular weight excluding hydrogens is 440 g/mol. The van der Waals surface area contributed by atoms with Crippen LogP contribution < -0.4 is 15.1 Å². The molecule has 3 atom stereocenters. The van der Waals surface area contributed by atoms with Crippen LogP contribution in [0.5, 0.6) is 0 Å². The highest BCUT2D eigenvalue weighted by atomic mass is 16.6. The lowest BCUT2D eigenvalue weighted by Crippen LogP contribution is -2.50. The maximum absolute atomic E-state index is 12.6. The fourth-order valence-corrected chi connectivity index (χ4v) is 5.08. The third kappa shape index (κ3) is 5.39. The molecule has 2 aliphatic heterocycles. The van der Waals surface area contributed by atoms with Gasteiger partial charge in [0.05, 0.1) is 6.04 Å². The Labute approximate surface area is 209 Å². The number of nitrogens with zero attached hydrogens (tertiary/aromatic N) is 3. The van der Waals surface area contributed by atoms with Gasteiger partial charge in [-0.25, -0.2) is 4.79 Å². The highest BCUT2D eigenvalue weighted by molar-refractivity contribution is 5.94. The van der Waals surface area contributed by atoms with E-state index in [1.165, 1.54) is 0 Å². The van der Waals surface area contributed by atoms with Crippen LogP contribution in [-0.4, -0.2) is 54.7 Å². The lowest BCUT2D eigenvalue weighted by Gasteiger charge is -2.45. The minimum atomic E-state index is -0.496. The third-order valence-corrected chi connectivity index (χ3v) is 7.03. The zero-order chi connectivity index (χ0) is 25.3. The van der Waals surface area contributed by atoms with Crippen molar-refractivity contribution in [1.29, 1.82) is 0 Å². The fourth-order valence-electron chi connectivity index (χ4n) is 5.08. The predicted molar refractivity (Wildman–Crippen MR) is 141 cm³/mol. The van der Waals surface area contributed by atoms with Gasteiger partial charge < -0.3 is 24.8 Å². The number of piperazine rings is 1. The number of carbonyl (C=O) groups is 2. The molecule has 0 saturated carbocycles. The second kappa shape index (κ2) is 9.80. The number of nitrogens with one attached hydrogen (secondary N) is 1. The summed E-state index contributed by atoms with van der Waals surface area (Å²) in [6.45, 7) is 14.3. The number of amides is 2. The first-order chi connectivity index (χ1) is 16.5. The minimum Gasteiger partial charge on any atom is -0.444 e. The largest absolute Gasteiger partial charge is 0.444 e. The van der Waals surface area contributed by atoms with Gasteiger partial charge in [-0.3, -0.25) is 4.79 Å². The SMILES string of the molecule is CC(=O)N1c2ccc(N3CCN(C(=O)OC(C)(C)C)CC3)cc2[C@H](Nc2ccccc2)[C@@H](C)[C@@H]1C. The number of hydrogen-bond donors (Lipinski definition) is 1. The monoisotopic (exact) mass is 478 g/mol. The molecule has 0 aliphatic carbocycles. The lowest BCUT2D eigenvalue weighted by atomic mass is 9.82. The van der Waals surface area contributed by atoms with Crippen molar-refractivity contribution in [3.8, 4) is 0 Å². The van der Waals surface area contributed by atoms with Crippen molar-refractivity contribution in [3.63, 3.8) is 0 Å². The van der Waals surface area contributed by atoms with Gasteiger partial charge in [-0.2, -0.15) is 0 Å². The molecule has 1 N–H and O–H groups in total. The molecule has 4 rings (SSSR count). The van der Waals surface area contributed by atoms with Crippen LogP contribution in [0.15, 0.2) is 48.5 Å². The Morgan fingerprint density at radius 2 is 1.63 bits per heavy atom. The van der Waals surface area contributed by atoms with Gasteiger partial charge >= 0.3 is 6.09 Å². The molecule has 2 amide bonds. The van der Waals surface area contributed by atoms with Crippen molar-refractivity contribution in [2.24, 2.45) is 5.92 Å². The normalized spacial score (nSPS) is 22.5. The van der Waals surface area contributed by atoms with Crippen molar-refractivity contribution in [1.82, 2.24) is 4.90 Å². The van der Waals surface area contributed by atoms with Crippen LogP contribution in [0.2, 0.25) is 0 Å². The van der Waals surface area contributed by atoms with Crippen molar-refractivity contribution >= 4 is 29.1 Å². The van der Waals surface area contributed by atoms with Gasteiger partial charge in [-0.15, -0.1) is 0 Å². The Hall–Kier alpha value is -3.22. The Bertz CT molecular complexity index is 1060. The number of ether oxygens (including phenoxy) is 1. The zero-order valence-corrected chi connectivity index (χ0v) is 21.7. The van der Waals surface area contributed by atoms with Gasteiger partial charge in [0.1, 0.15) is 5.60 Å². The predicted octanol–water partition coefficient (Wildman–Crippen LogP) is 5.29. The smallest absolute Gasteiger partial charge is 0.410 e. The second-order valence-corrected chi connectivity index (χ2v) is 10.7. The maximum atomic E-state index is 12.6. The summed E-state index contributed by atoms with van der Waals surface area (Å²) >= 11 is 0. The average Bonchev–Trinajstić information content (AvgIpc) is 2.81. The summed E-state index contributed by atoms with van der Waals surface area (Å²) in [5.74, 6) is 0.272. The number of hydrogen-bond acceptors (Lipinski definition) is 5. The molecule has 2 aromatic rings. The van der Waals surface area contributed by atoms with Gasteiger partial charge in [0.2, 0.25) is 5.91 Å². The summed E-state index contributed by atoms with van der Waals surface area (Å²) < 4.78 is 5.54. The molecule has 1 saturated heterocycles. The van der Waals surface area contributed by atoms with E-state index in [1.54, 1.807) is 11.8 Å². The van der Waals surface area contributed by atoms with E-state index in [0.717, 1.165) is 35.7 Å². The third-order valence-electron chi connectivity index (χ3n) is 7.03. The van der Waals surface area contributed by atoms with E-state index in [0.29, 0.717) is 13.1 Å². The number of anilines is 3. The molecular formula is C28H38N4O3. The van der Waals surface area contributed by atoms with Gasteiger partial charge in [-0.1, -0.05) is 25.1 Å². The molecule has 7 nitrogen and oxygen atoms in total. The van der Waals surface area contributed by atoms with E-state index in [4.69, 9.17) is 4.74 Å². The second-order valence-electron chi connectivity index (χ2n) is 10.7. The van der Waals surface area contributed by atoms with Crippen molar-refractivity contribution in [2.75, 3.05) is 41.3 Å². The summed E-state index contributed by atoms with van der Waals surface area (Å²) in [7, 11) is 0. The quantitative estimate of drug-likeness (QED) is 0.650.